The number of aromatic nitrogens is 2. The van der Waals surface area contributed by atoms with Crippen molar-refractivity contribution in [1.29, 1.82) is 0 Å². The summed E-state index contributed by atoms with van der Waals surface area (Å²) >= 11 is 0. The zero-order chi connectivity index (χ0) is 17.0. The Hall–Kier alpha value is -1.92. The molecule has 1 amide bonds. The van der Waals surface area contributed by atoms with Crippen LogP contribution in [0.2, 0.25) is 0 Å². The lowest BCUT2D eigenvalue weighted by Gasteiger charge is -2.22. The van der Waals surface area contributed by atoms with Crippen LogP contribution in [0.5, 0.6) is 0 Å². The van der Waals surface area contributed by atoms with Gasteiger partial charge in [0.15, 0.2) is 0 Å². The summed E-state index contributed by atoms with van der Waals surface area (Å²) in [5, 5.41) is 3.18. The van der Waals surface area contributed by atoms with Gasteiger partial charge in [-0.2, -0.15) is 0 Å². The number of hydrogen-bond donors (Lipinski definition) is 2. The molecule has 0 aliphatic carbocycles. The van der Waals surface area contributed by atoms with Crippen LogP contribution in [-0.2, 0) is 22.6 Å². The van der Waals surface area contributed by atoms with Crippen molar-refractivity contribution < 1.29 is 9.53 Å². The third-order valence-corrected chi connectivity index (χ3v) is 3.95. The molecule has 1 aromatic carbocycles. The second kappa shape index (κ2) is 7.10. The monoisotopic (exact) mass is 318 g/mol. The third kappa shape index (κ3) is 4.09. The number of benzene rings is 1. The standard InChI is InChI=1S/C17H26N4O2/c1-5-23-9-8-21-14-10-12(2)6-7-13(14)20-15(21)11-19-17(3,4)16(18)22/h6-7,10,19H,5,8-9,11H2,1-4H3,(H2,18,22). The van der Waals surface area contributed by atoms with Gasteiger partial charge in [0.1, 0.15) is 5.82 Å². The van der Waals surface area contributed by atoms with Gasteiger partial charge in [-0.3, -0.25) is 10.1 Å². The number of ether oxygens (including phenoxy) is 1. The minimum atomic E-state index is -0.779. The number of nitrogens with zero attached hydrogens (tertiary/aromatic N) is 2. The quantitative estimate of drug-likeness (QED) is 0.726. The highest BCUT2D eigenvalue weighted by Crippen LogP contribution is 2.18. The van der Waals surface area contributed by atoms with Crippen LogP contribution >= 0.6 is 0 Å². The Morgan fingerprint density at radius 1 is 1.43 bits per heavy atom. The summed E-state index contributed by atoms with van der Waals surface area (Å²) in [5.74, 6) is 0.491. The van der Waals surface area contributed by atoms with Gasteiger partial charge in [-0.25, -0.2) is 4.98 Å². The van der Waals surface area contributed by atoms with Gasteiger partial charge in [-0.15, -0.1) is 0 Å². The Kier molecular flexibility index (Phi) is 5.38. The van der Waals surface area contributed by atoms with Crippen LogP contribution < -0.4 is 11.1 Å². The van der Waals surface area contributed by atoms with Crippen molar-refractivity contribution in [2.24, 2.45) is 5.73 Å². The summed E-state index contributed by atoms with van der Waals surface area (Å²) in [6, 6.07) is 6.19. The molecule has 126 valence electrons. The van der Waals surface area contributed by atoms with E-state index >= 15 is 0 Å². The van der Waals surface area contributed by atoms with Crippen molar-refractivity contribution in [2.45, 2.75) is 46.3 Å². The minimum Gasteiger partial charge on any atom is -0.380 e. The highest BCUT2D eigenvalue weighted by Gasteiger charge is 2.24. The number of carbonyl (C=O) groups excluding carboxylic acids is 1. The Morgan fingerprint density at radius 3 is 2.83 bits per heavy atom. The molecule has 0 fully saturated rings. The Morgan fingerprint density at radius 2 is 2.17 bits per heavy atom. The smallest absolute Gasteiger partial charge is 0.237 e. The van der Waals surface area contributed by atoms with Gasteiger partial charge in [-0.1, -0.05) is 6.07 Å². The number of aryl methyl sites for hydroxylation is 1. The molecule has 0 spiro atoms. The average molecular weight is 318 g/mol. The van der Waals surface area contributed by atoms with E-state index in [0.29, 0.717) is 19.8 Å². The number of fused-ring (bicyclic) bond motifs is 1. The number of imidazole rings is 1. The lowest BCUT2D eigenvalue weighted by molar-refractivity contribution is -0.123. The number of amides is 1. The zero-order valence-electron chi connectivity index (χ0n) is 14.3. The predicted molar refractivity (Wildman–Crippen MR) is 91.1 cm³/mol. The van der Waals surface area contributed by atoms with E-state index in [0.717, 1.165) is 23.4 Å². The fraction of sp³-hybridized carbons (Fsp3) is 0.529. The van der Waals surface area contributed by atoms with Gasteiger partial charge in [0.25, 0.3) is 0 Å². The molecule has 0 saturated carbocycles. The van der Waals surface area contributed by atoms with Gasteiger partial charge >= 0.3 is 0 Å². The summed E-state index contributed by atoms with van der Waals surface area (Å²) in [7, 11) is 0. The van der Waals surface area contributed by atoms with Crippen molar-refractivity contribution in [1.82, 2.24) is 14.9 Å². The normalized spacial score (nSPS) is 12.0. The minimum absolute atomic E-state index is 0.384. The van der Waals surface area contributed by atoms with E-state index in [9.17, 15) is 4.79 Å². The van der Waals surface area contributed by atoms with Crippen molar-refractivity contribution in [2.75, 3.05) is 13.2 Å². The Bertz CT molecular complexity index is 691. The number of nitrogens with two attached hydrogens (primary N) is 1. The second-order valence-corrected chi connectivity index (χ2v) is 6.21. The molecular formula is C17H26N4O2. The summed E-state index contributed by atoms with van der Waals surface area (Å²) in [5.41, 5.74) is 7.85. The van der Waals surface area contributed by atoms with E-state index in [4.69, 9.17) is 10.5 Å². The molecule has 0 aliphatic rings. The first-order chi connectivity index (χ1) is 10.8. The molecule has 0 atom stereocenters. The second-order valence-electron chi connectivity index (χ2n) is 6.21. The fourth-order valence-electron chi connectivity index (χ4n) is 2.35. The van der Waals surface area contributed by atoms with Gasteiger partial charge in [0.05, 0.1) is 29.7 Å². The third-order valence-electron chi connectivity index (χ3n) is 3.95. The first-order valence-electron chi connectivity index (χ1n) is 7.93. The van der Waals surface area contributed by atoms with E-state index in [-0.39, 0.29) is 5.91 Å². The molecular weight excluding hydrogens is 292 g/mol. The first kappa shape index (κ1) is 17.4. The Balaban J connectivity index is 2.29. The van der Waals surface area contributed by atoms with Crippen LogP contribution in [-0.4, -0.2) is 34.2 Å². The van der Waals surface area contributed by atoms with Crippen molar-refractivity contribution in [3.63, 3.8) is 0 Å². The zero-order valence-corrected chi connectivity index (χ0v) is 14.3. The summed E-state index contributed by atoms with van der Waals surface area (Å²) in [6.07, 6.45) is 0. The molecule has 0 saturated heterocycles. The summed E-state index contributed by atoms with van der Waals surface area (Å²) < 4.78 is 7.62. The first-order valence-corrected chi connectivity index (χ1v) is 7.93. The predicted octanol–water partition coefficient (Wildman–Crippen LogP) is 1.73. The summed E-state index contributed by atoms with van der Waals surface area (Å²) in [6.45, 7) is 10.1. The van der Waals surface area contributed by atoms with E-state index in [2.05, 4.69) is 27.9 Å². The fourth-order valence-corrected chi connectivity index (χ4v) is 2.35. The molecule has 3 N–H and O–H groups in total. The highest BCUT2D eigenvalue weighted by molar-refractivity contribution is 5.83. The van der Waals surface area contributed by atoms with E-state index < -0.39 is 5.54 Å². The van der Waals surface area contributed by atoms with Crippen LogP contribution in [0.4, 0.5) is 0 Å². The number of primary amides is 1. The maximum absolute atomic E-state index is 11.5. The number of nitrogens with one attached hydrogen (secondary N) is 1. The van der Waals surface area contributed by atoms with Crippen LogP contribution in [0.15, 0.2) is 18.2 Å². The number of carbonyl (C=O) groups is 1. The van der Waals surface area contributed by atoms with Crippen LogP contribution in [0.1, 0.15) is 32.2 Å². The topological polar surface area (TPSA) is 82.2 Å². The van der Waals surface area contributed by atoms with Crippen molar-refractivity contribution in [3.8, 4) is 0 Å². The van der Waals surface area contributed by atoms with E-state index in [1.807, 2.05) is 19.1 Å². The maximum atomic E-state index is 11.5. The molecule has 2 rings (SSSR count). The van der Waals surface area contributed by atoms with Crippen molar-refractivity contribution >= 4 is 16.9 Å². The number of hydrogen-bond acceptors (Lipinski definition) is 4. The SMILES string of the molecule is CCOCCn1c(CNC(C)(C)C(N)=O)nc2ccc(C)cc21. The van der Waals surface area contributed by atoms with E-state index in [1.54, 1.807) is 13.8 Å². The highest BCUT2D eigenvalue weighted by atomic mass is 16.5. The average Bonchev–Trinajstić information content (AvgIpc) is 2.83. The molecule has 6 heteroatoms. The molecule has 0 unspecified atom stereocenters. The molecule has 0 aliphatic heterocycles. The molecule has 6 nitrogen and oxygen atoms in total. The molecule has 1 aromatic heterocycles. The summed E-state index contributed by atoms with van der Waals surface area (Å²) in [4.78, 5) is 16.2. The molecule has 0 radical (unpaired) electrons. The van der Waals surface area contributed by atoms with Crippen LogP contribution in [0, 0.1) is 6.92 Å². The van der Waals surface area contributed by atoms with Crippen molar-refractivity contribution in [3.05, 3.63) is 29.6 Å². The van der Waals surface area contributed by atoms with Gasteiger partial charge < -0.3 is 15.0 Å². The lowest BCUT2D eigenvalue weighted by atomic mass is 10.1. The van der Waals surface area contributed by atoms with Crippen LogP contribution in [0.25, 0.3) is 11.0 Å². The van der Waals surface area contributed by atoms with Gasteiger partial charge in [-0.05, 0) is 45.4 Å². The maximum Gasteiger partial charge on any atom is 0.237 e. The van der Waals surface area contributed by atoms with Crippen LogP contribution in [0.3, 0.4) is 0 Å². The van der Waals surface area contributed by atoms with Gasteiger partial charge in [0, 0.05) is 13.2 Å². The lowest BCUT2D eigenvalue weighted by Crippen LogP contribution is -2.50. The molecule has 0 bridgehead atoms. The molecule has 2 aromatic rings. The molecule has 1 heterocycles. The number of rotatable bonds is 8. The largest absolute Gasteiger partial charge is 0.380 e. The Labute approximate surface area is 137 Å². The van der Waals surface area contributed by atoms with Gasteiger partial charge in [0.2, 0.25) is 5.91 Å². The molecule has 23 heavy (non-hydrogen) atoms. The van der Waals surface area contributed by atoms with E-state index in [1.165, 1.54) is 5.56 Å².